The van der Waals surface area contributed by atoms with Crippen LogP contribution in [0.1, 0.15) is 0 Å². The van der Waals surface area contributed by atoms with Gasteiger partial charge in [-0.1, -0.05) is 36.4 Å². The fourth-order valence-corrected chi connectivity index (χ4v) is 3.38. The Bertz CT molecular complexity index is 1160. The minimum absolute atomic E-state index is 0.488. The number of hydrogen-bond donors (Lipinski definition) is 0. The molecule has 0 aliphatic carbocycles. The lowest BCUT2D eigenvalue weighted by atomic mass is 10.1. The van der Waals surface area contributed by atoms with Crippen molar-refractivity contribution in [2.45, 2.75) is 0 Å². The average Bonchev–Trinajstić information content (AvgIpc) is 3.50. The number of aromatic nitrogens is 3. The maximum absolute atomic E-state index is 5.89. The van der Waals surface area contributed by atoms with E-state index < -0.39 is 0 Å². The van der Waals surface area contributed by atoms with E-state index in [1.807, 2.05) is 72.1 Å². The van der Waals surface area contributed by atoms with Crippen molar-refractivity contribution in [2.75, 3.05) is 0 Å². The Kier molecular flexibility index (Phi) is 3.88. The van der Waals surface area contributed by atoms with E-state index in [-0.39, 0.29) is 0 Å². The SMILES string of the molecule is c1ccc(-c2cnc(-c3ccc(-c4nnc(-c5cccs5)o4)cc3)o2)cc1. The standard InChI is InChI=1S/C21H13N3O2S/c1-2-5-14(6-3-1)17-13-22-19(25-17)15-8-10-16(11-9-15)20-23-24-21(26-20)18-7-4-12-27-18/h1-13H. The van der Waals surface area contributed by atoms with Crippen LogP contribution in [0.25, 0.3) is 45.0 Å². The van der Waals surface area contributed by atoms with Gasteiger partial charge in [0.25, 0.3) is 5.89 Å². The van der Waals surface area contributed by atoms with E-state index >= 15 is 0 Å². The molecule has 130 valence electrons. The van der Waals surface area contributed by atoms with Gasteiger partial charge in [0.15, 0.2) is 5.76 Å². The summed E-state index contributed by atoms with van der Waals surface area (Å²) in [4.78, 5) is 5.34. The van der Waals surface area contributed by atoms with Crippen LogP contribution in [-0.4, -0.2) is 15.2 Å². The van der Waals surface area contributed by atoms with Gasteiger partial charge in [-0.15, -0.1) is 21.5 Å². The van der Waals surface area contributed by atoms with Gasteiger partial charge >= 0.3 is 0 Å². The molecule has 0 bridgehead atoms. The molecule has 0 atom stereocenters. The third-order valence-electron chi connectivity index (χ3n) is 4.10. The second-order valence-corrected chi connectivity index (χ2v) is 6.81. The molecular weight excluding hydrogens is 358 g/mol. The first-order valence-corrected chi connectivity index (χ1v) is 9.24. The van der Waals surface area contributed by atoms with Crippen molar-refractivity contribution < 1.29 is 8.83 Å². The van der Waals surface area contributed by atoms with Crippen molar-refractivity contribution in [3.63, 3.8) is 0 Å². The predicted molar refractivity (Wildman–Crippen MR) is 104 cm³/mol. The highest BCUT2D eigenvalue weighted by Crippen LogP contribution is 2.29. The van der Waals surface area contributed by atoms with E-state index in [0.29, 0.717) is 17.7 Å². The van der Waals surface area contributed by atoms with Crippen LogP contribution in [0.3, 0.4) is 0 Å². The van der Waals surface area contributed by atoms with Crippen LogP contribution in [0.5, 0.6) is 0 Å². The smallest absolute Gasteiger partial charge is 0.258 e. The molecule has 2 aromatic carbocycles. The highest BCUT2D eigenvalue weighted by molar-refractivity contribution is 7.13. The van der Waals surface area contributed by atoms with E-state index in [4.69, 9.17) is 8.83 Å². The topological polar surface area (TPSA) is 65.0 Å². The summed E-state index contributed by atoms with van der Waals surface area (Å²) in [5, 5.41) is 10.2. The number of oxazole rings is 1. The van der Waals surface area contributed by atoms with Gasteiger partial charge in [0, 0.05) is 16.7 Å². The number of hydrogen-bond acceptors (Lipinski definition) is 6. The minimum Gasteiger partial charge on any atom is -0.436 e. The summed E-state index contributed by atoms with van der Waals surface area (Å²) in [5.41, 5.74) is 2.74. The maximum atomic E-state index is 5.89. The van der Waals surface area contributed by atoms with Gasteiger partial charge in [0.05, 0.1) is 11.1 Å². The molecule has 0 aliphatic heterocycles. The molecule has 5 aromatic rings. The predicted octanol–water partition coefficient (Wildman–Crippen LogP) is 5.79. The highest BCUT2D eigenvalue weighted by Gasteiger charge is 2.13. The molecule has 0 N–H and O–H groups in total. The molecule has 0 unspecified atom stereocenters. The fraction of sp³-hybridized carbons (Fsp3) is 0. The molecule has 0 aliphatic rings. The van der Waals surface area contributed by atoms with Crippen LogP contribution in [0.15, 0.2) is 87.1 Å². The zero-order valence-electron chi connectivity index (χ0n) is 14.1. The molecule has 27 heavy (non-hydrogen) atoms. The largest absolute Gasteiger partial charge is 0.436 e. The van der Waals surface area contributed by atoms with Gasteiger partial charge in [0.1, 0.15) is 0 Å². The third kappa shape index (κ3) is 3.07. The van der Waals surface area contributed by atoms with Gasteiger partial charge in [-0.05, 0) is 35.7 Å². The molecule has 0 saturated carbocycles. The molecule has 0 fully saturated rings. The first-order valence-electron chi connectivity index (χ1n) is 8.36. The quantitative estimate of drug-likeness (QED) is 0.400. The summed E-state index contributed by atoms with van der Waals surface area (Å²) in [7, 11) is 0. The van der Waals surface area contributed by atoms with Gasteiger partial charge in [0.2, 0.25) is 11.8 Å². The van der Waals surface area contributed by atoms with Gasteiger partial charge in [-0.2, -0.15) is 0 Å². The second kappa shape index (κ2) is 6.66. The average molecular weight is 371 g/mol. The Morgan fingerprint density at radius 2 is 1.37 bits per heavy atom. The van der Waals surface area contributed by atoms with Crippen molar-refractivity contribution in [1.82, 2.24) is 15.2 Å². The van der Waals surface area contributed by atoms with Crippen molar-refractivity contribution in [3.8, 4) is 45.0 Å². The summed E-state index contributed by atoms with van der Waals surface area (Å²) in [6, 6.07) is 21.5. The van der Waals surface area contributed by atoms with E-state index in [0.717, 1.165) is 27.3 Å². The second-order valence-electron chi connectivity index (χ2n) is 5.86. The Labute approximate surface area is 159 Å². The molecule has 5 nitrogen and oxygen atoms in total. The van der Waals surface area contributed by atoms with Gasteiger partial charge in [-0.3, -0.25) is 0 Å². The van der Waals surface area contributed by atoms with Crippen LogP contribution in [0.4, 0.5) is 0 Å². The van der Waals surface area contributed by atoms with Crippen molar-refractivity contribution >= 4 is 11.3 Å². The van der Waals surface area contributed by atoms with E-state index in [9.17, 15) is 0 Å². The lowest BCUT2D eigenvalue weighted by molar-refractivity contribution is 0.585. The maximum Gasteiger partial charge on any atom is 0.258 e. The molecule has 0 amide bonds. The van der Waals surface area contributed by atoms with Crippen LogP contribution in [0.2, 0.25) is 0 Å². The van der Waals surface area contributed by atoms with Crippen LogP contribution in [-0.2, 0) is 0 Å². The third-order valence-corrected chi connectivity index (χ3v) is 4.96. The van der Waals surface area contributed by atoms with Crippen molar-refractivity contribution in [1.29, 1.82) is 0 Å². The van der Waals surface area contributed by atoms with Crippen molar-refractivity contribution in [3.05, 3.63) is 78.3 Å². The monoisotopic (exact) mass is 371 g/mol. The summed E-state index contributed by atoms with van der Waals surface area (Å²) in [6.07, 6.45) is 1.74. The van der Waals surface area contributed by atoms with Gasteiger partial charge in [-0.25, -0.2) is 4.98 Å². The summed E-state index contributed by atoms with van der Waals surface area (Å²) in [5.74, 6) is 2.34. The zero-order valence-corrected chi connectivity index (χ0v) is 14.9. The fourth-order valence-electron chi connectivity index (χ4n) is 2.74. The van der Waals surface area contributed by atoms with E-state index in [1.165, 1.54) is 0 Å². The van der Waals surface area contributed by atoms with Crippen LogP contribution < -0.4 is 0 Å². The van der Waals surface area contributed by atoms with E-state index in [1.54, 1.807) is 17.5 Å². The van der Waals surface area contributed by atoms with E-state index in [2.05, 4.69) is 15.2 Å². The molecule has 0 radical (unpaired) electrons. The molecule has 6 heteroatoms. The van der Waals surface area contributed by atoms with Crippen LogP contribution in [0, 0.1) is 0 Å². The number of nitrogens with zero attached hydrogens (tertiary/aromatic N) is 3. The first-order chi connectivity index (χ1) is 13.4. The van der Waals surface area contributed by atoms with Crippen LogP contribution >= 0.6 is 11.3 Å². The normalized spacial score (nSPS) is 11.0. The first kappa shape index (κ1) is 15.7. The highest BCUT2D eigenvalue weighted by atomic mass is 32.1. The lowest BCUT2D eigenvalue weighted by Crippen LogP contribution is -1.80. The summed E-state index contributed by atoms with van der Waals surface area (Å²) in [6.45, 7) is 0. The number of rotatable bonds is 4. The molecule has 0 spiro atoms. The Balaban J connectivity index is 1.40. The zero-order chi connectivity index (χ0) is 18.1. The number of benzene rings is 2. The Morgan fingerprint density at radius 1 is 0.630 bits per heavy atom. The molecule has 5 rings (SSSR count). The number of thiophene rings is 1. The van der Waals surface area contributed by atoms with Gasteiger partial charge < -0.3 is 8.83 Å². The Morgan fingerprint density at radius 3 is 2.11 bits per heavy atom. The lowest BCUT2D eigenvalue weighted by Gasteiger charge is -1.98. The molecule has 3 aromatic heterocycles. The minimum atomic E-state index is 0.488. The Hall–Kier alpha value is -3.51. The molecule has 0 saturated heterocycles. The summed E-state index contributed by atoms with van der Waals surface area (Å²) < 4.78 is 11.7. The summed E-state index contributed by atoms with van der Waals surface area (Å²) >= 11 is 1.57. The molecular formula is C21H13N3O2S. The molecule has 3 heterocycles. The van der Waals surface area contributed by atoms with Crippen molar-refractivity contribution in [2.24, 2.45) is 0 Å².